The number of nitrogens with one attached hydrogen (secondary N) is 1. The van der Waals surface area contributed by atoms with Crippen molar-refractivity contribution >= 4 is 17.7 Å². The second kappa shape index (κ2) is 9.73. The van der Waals surface area contributed by atoms with Gasteiger partial charge >= 0.3 is 0 Å². The van der Waals surface area contributed by atoms with Gasteiger partial charge in [0.15, 0.2) is 11.0 Å². The topological polar surface area (TPSA) is 63.1 Å². The van der Waals surface area contributed by atoms with E-state index in [2.05, 4.69) is 58.1 Å². The highest BCUT2D eigenvalue weighted by atomic mass is 32.2. The highest BCUT2D eigenvalue weighted by molar-refractivity contribution is 7.99. The van der Waals surface area contributed by atoms with E-state index in [9.17, 15) is 4.79 Å². The SMILES string of the molecule is CCC(c1nnc(SCC(=O)NC(C)C)n1Cc1ccccc1)N(C)C. The molecule has 2 aromatic rings. The maximum atomic E-state index is 12.0. The van der Waals surface area contributed by atoms with Crippen molar-refractivity contribution in [3.8, 4) is 0 Å². The van der Waals surface area contributed by atoms with Crippen LogP contribution >= 0.6 is 11.8 Å². The summed E-state index contributed by atoms with van der Waals surface area (Å²) in [6.45, 7) is 6.76. The zero-order valence-electron chi connectivity index (χ0n) is 16.3. The normalized spacial score (nSPS) is 12.6. The maximum absolute atomic E-state index is 12.0. The predicted molar refractivity (Wildman–Crippen MR) is 106 cm³/mol. The van der Waals surface area contributed by atoms with Crippen LogP contribution in [-0.4, -0.2) is 51.5 Å². The standard InChI is InChI=1S/C19H29N5OS/c1-6-16(23(4)5)18-21-22-19(26-13-17(25)20-14(2)3)24(18)12-15-10-8-7-9-11-15/h7-11,14,16H,6,12-13H2,1-5H3,(H,20,25). The van der Waals surface area contributed by atoms with E-state index in [1.807, 2.05) is 32.0 Å². The Balaban J connectivity index is 2.26. The quantitative estimate of drug-likeness (QED) is 0.683. The molecule has 0 aliphatic rings. The zero-order chi connectivity index (χ0) is 19.1. The molecule has 1 aromatic carbocycles. The van der Waals surface area contributed by atoms with Gasteiger partial charge in [0.25, 0.3) is 0 Å². The summed E-state index contributed by atoms with van der Waals surface area (Å²) in [5.74, 6) is 1.29. The fourth-order valence-electron chi connectivity index (χ4n) is 2.84. The molecular formula is C19H29N5OS. The van der Waals surface area contributed by atoms with Crippen LogP contribution in [-0.2, 0) is 11.3 Å². The summed E-state index contributed by atoms with van der Waals surface area (Å²) in [6, 6.07) is 10.6. The van der Waals surface area contributed by atoms with E-state index in [0.29, 0.717) is 12.3 Å². The van der Waals surface area contributed by atoms with Crippen molar-refractivity contribution in [2.24, 2.45) is 0 Å². The molecule has 2 rings (SSSR count). The van der Waals surface area contributed by atoms with Crippen LogP contribution in [0, 0.1) is 0 Å². The van der Waals surface area contributed by atoms with Crippen LogP contribution in [0.15, 0.2) is 35.5 Å². The fourth-order valence-corrected chi connectivity index (χ4v) is 3.60. The third-order valence-electron chi connectivity index (χ3n) is 4.02. The van der Waals surface area contributed by atoms with Gasteiger partial charge in [-0.1, -0.05) is 49.0 Å². The van der Waals surface area contributed by atoms with Gasteiger partial charge in [0.1, 0.15) is 0 Å². The Kier molecular flexibility index (Phi) is 7.66. The van der Waals surface area contributed by atoms with Gasteiger partial charge < -0.3 is 9.88 Å². The average molecular weight is 376 g/mol. The zero-order valence-corrected chi connectivity index (χ0v) is 17.1. The molecule has 7 heteroatoms. The van der Waals surface area contributed by atoms with E-state index in [0.717, 1.165) is 17.4 Å². The first kappa shape index (κ1) is 20.5. The van der Waals surface area contributed by atoms with Crippen molar-refractivity contribution in [2.75, 3.05) is 19.8 Å². The lowest BCUT2D eigenvalue weighted by atomic mass is 10.2. The molecule has 26 heavy (non-hydrogen) atoms. The number of hydrogen-bond acceptors (Lipinski definition) is 5. The second-order valence-electron chi connectivity index (χ2n) is 6.81. The van der Waals surface area contributed by atoms with Crippen molar-refractivity contribution < 1.29 is 4.79 Å². The van der Waals surface area contributed by atoms with Gasteiger partial charge in [-0.3, -0.25) is 9.69 Å². The summed E-state index contributed by atoms with van der Waals surface area (Å²) in [7, 11) is 4.11. The van der Waals surface area contributed by atoms with Crippen LogP contribution in [0.3, 0.4) is 0 Å². The van der Waals surface area contributed by atoms with Crippen LogP contribution in [0.1, 0.15) is 44.6 Å². The van der Waals surface area contributed by atoms with Gasteiger partial charge in [-0.15, -0.1) is 10.2 Å². The minimum absolute atomic E-state index is 0.0143. The Bertz CT molecular complexity index is 699. The molecule has 0 aliphatic carbocycles. The Morgan fingerprint density at radius 2 is 1.92 bits per heavy atom. The third kappa shape index (κ3) is 5.57. The molecule has 0 spiro atoms. The number of aromatic nitrogens is 3. The van der Waals surface area contributed by atoms with Gasteiger partial charge in [-0.05, 0) is 39.9 Å². The highest BCUT2D eigenvalue weighted by Crippen LogP contribution is 2.26. The van der Waals surface area contributed by atoms with E-state index < -0.39 is 0 Å². The lowest BCUT2D eigenvalue weighted by Gasteiger charge is -2.23. The number of amides is 1. The molecule has 6 nitrogen and oxygen atoms in total. The van der Waals surface area contributed by atoms with Gasteiger partial charge in [0, 0.05) is 6.04 Å². The number of hydrogen-bond donors (Lipinski definition) is 1. The summed E-state index contributed by atoms with van der Waals surface area (Å²) in [6.07, 6.45) is 0.943. The van der Waals surface area contributed by atoms with Gasteiger partial charge in [0.2, 0.25) is 5.91 Å². The molecule has 1 unspecified atom stereocenters. The van der Waals surface area contributed by atoms with Crippen molar-refractivity contribution in [1.29, 1.82) is 0 Å². The van der Waals surface area contributed by atoms with Crippen LogP contribution in [0.5, 0.6) is 0 Å². The molecule has 142 valence electrons. The van der Waals surface area contributed by atoms with Crippen LogP contribution in [0.4, 0.5) is 0 Å². The van der Waals surface area contributed by atoms with E-state index in [1.54, 1.807) is 0 Å². The lowest BCUT2D eigenvalue weighted by molar-refractivity contribution is -0.119. The number of carbonyl (C=O) groups excluding carboxylic acids is 1. The number of thioether (sulfide) groups is 1. The van der Waals surface area contributed by atoms with Crippen LogP contribution in [0.25, 0.3) is 0 Å². The Labute approximate surface area is 160 Å². The van der Waals surface area contributed by atoms with E-state index in [1.165, 1.54) is 17.3 Å². The monoisotopic (exact) mass is 375 g/mol. The molecule has 1 heterocycles. The molecule has 0 aliphatic heterocycles. The predicted octanol–water partition coefficient (Wildman–Crippen LogP) is 2.96. The molecule has 1 amide bonds. The van der Waals surface area contributed by atoms with E-state index in [4.69, 9.17) is 0 Å². The second-order valence-corrected chi connectivity index (χ2v) is 7.75. The summed E-state index contributed by atoms with van der Waals surface area (Å²) in [5.41, 5.74) is 1.19. The van der Waals surface area contributed by atoms with Gasteiger partial charge in [0.05, 0.1) is 18.3 Å². The molecular weight excluding hydrogens is 346 g/mol. The molecule has 1 N–H and O–H groups in total. The fraction of sp³-hybridized carbons (Fsp3) is 0.526. The van der Waals surface area contributed by atoms with Crippen molar-refractivity contribution in [1.82, 2.24) is 25.0 Å². The molecule has 0 radical (unpaired) electrons. The van der Waals surface area contributed by atoms with E-state index >= 15 is 0 Å². The summed E-state index contributed by atoms with van der Waals surface area (Å²) >= 11 is 1.44. The third-order valence-corrected chi connectivity index (χ3v) is 4.99. The first-order valence-corrected chi connectivity index (χ1v) is 9.96. The summed E-state index contributed by atoms with van der Waals surface area (Å²) in [5, 5.41) is 12.5. The Hall–Kier alpha value is -1.86. The highest BCUT2D eigenvalue weighted by Gasteiger charge is 2.22. The maximum Gasteiger partial charge on any atom is 0.230 e. The Morgan fingerprint density at radius 1 is 1.23 bits per heavy atom. The van der Waals surface area contributed by atoms with E-state index in [-0.39, 0.29) is 18.0 Å². The Morgan fingerprint density at radius 3 is 2.50 bits per heavy atom. The van der Waals surface area contributed by atoms with Crippen molar-refractivity contribution in [2.45, 2.75) is 51.0 Å². The molecule has 0 saturated heterocycles. The largest absolute Gasteiger partial charge is 0.353 e. The molecule has 1 aromatic heterocycles. The first-order valence-electron chi connectivity index (χ1n) is 8.98. The molecule has 1 atom stereocenters. The van der Waals surface area contributed by atoms with Gasteiger partial charge in [-0.25, -0.2) is 0 Å². The minimum Gasteiger partial charge on any atom is -0.353 e. The van der Waals surface area contributed by atoms with Gasteiger partial charge in [-0.2, -0.15) is 0 Å². The number of carbonyl (C=O) groups is 1. The molecule has 0 fully saturated rings. The summed E-state index contributed by atoms with van der Waals surface area (Å²) < 4.78 is 2.14. The van der Waals surface area contributed by atoms with Crippen LogP contribution in [0.2, 0.25) is 0 Å². The molecule has 0 saturated carbocycles. The first-order chi connectivity index (χ1) is 12.4. The van der Waals surface area contributed by atoms with Crippen molar-refractivity contribution in [3.05, 3.63) is 41.7 Å². The smallest absolute Gasteiger partial charge is 0.230 e. The van der Waals surface area contributed by atoms with Crippen LogP contribution < -0.4 is 5.32 Å². The average Bonchev–Trinajstić information content (AvgIpc) is 2.96. The molecule has 0 bridgehead atoms. The number of nitrogens with zero attached hydrogens (tertiary/aromatic N) is 4. The number of benzene rings is 1. The minimum atomic E-state index is 0.0143. The summed E-state index contributed by atoms with van der Waals surface area (Å²) in [4.78, 5) is 14.2. The van der Waals surface area contributed by atoms with Crippen molar-refractivity contribution in [3.63, 3.8) is 0 Å². The lowest BCUT2D eigenvalue weighted by Crippen LogP contribution is -2.31. The number of rotatable bonds is 9.